The number of rotatable bonds is 3. The highest BCUT2D eigenvalue weighted by atomic mass is 16.6. The predicted molar refractivity (Wildman–Crippen MR) is 117 cm³/mol. The van der Waals surface area contributed by atoms with Crippen LogP contribution in [0.3, 0.4) is 0 Å². The Hall–Kier alpha value is -1.89. The van der Waals surface area contributed by atoms with Gasteiger partial charge in [-0.1, -0.05) is 47.6 Å². The van der Waals surface area contributed by atoms with E-state index in [4.69, 9.17) is 14.2 Å². The Balaban J connectivity index is 0.000000233. The minimum absolute atomic E-state index is 0.0232. The molecule has 0 aromatic heterocycles. The van der Waals surface area contributed by atoms with Gasteiger partial charge in [-0.25, -0.2) is 4.79 Å². The molecule has 0 saturated carbocycles. The van der Waals surface area contributed by atoms with Gasteiger partial charge < -0.3 is 19.3 Å². The summed E-state index contributed by atoms with van der Waals surface area (Å²) < 4.78 is 15.2. The summed E-state index contributed by atoms with van der Waals surface area (Å²) in [5, 5.41) is 9.20. The van der Waals surface area contributed by atoms with E-state index in [-0.39, 0.29) is 42.6 Å². The Morgan fingerprint density at radius 1 is 0.839 bits per heavy atom. The van der Waals surface area contributed by atoms with Crippen molar-refractivity contribution in [2.45, 2.75) is 104 Å². The van der Waals surface area contributed by atoms with E-state index in [0.717, 1.165) is 19.3 Å². The first kappa shape index (κ1) is 27.1. The maximum Gasteiger partial charge on any atom is 0.330 e. The first-order chi connectivity index (χ1) is 14.5. The van der Waals surface area contributed by atoms with Gasteiger partial charge in [-0.3, -0.25) is 9.59 Å². The average molecular weight is 441 g/mol. The summed E-state index contributed by atoms with van der Waals surface area (Å²) in [7, 11) is 0. The molecule has 0 aromatic carbocycles. The monoisotopic (exact) mass is 440 g/mol. The van der Waals surface area contributed by atoms with E-state index in [0.29, 0.717) is 30.6 Å². The fourth-order valence-electron chi connectivity index (χ4n) is 3.36. The third-order valence-corrected chi connectivity index (χ3v) is 5.46. The molecule has 2 saturated heterocycles. The van der Waals surface area contributed by atoms with Crippen molar-refractivity contribution < 1.29 is 33.7 Å². The fraction of sp³-hybridized carbons (Fsp3) is 0.792. The molecule has 0 amide bonds. The van der Waals surface area contributed by atoms with Gasteiger partial charge in [0.1, 0.15) is 18.3 Å². The number of hydrogen-bond acceptors (Lipinski definition) is 7. The van der Waals surface area contributed by atoms with Crippen LogP contribution in [-0.2, 0) is 28.6 Å². The standard InChI is InChI=1S/C8H14O3.C8H14O2.C8H12O2/c1-5(2)7-3-6(9)4-8(10)11-7;2*1-6(2)7-4-3-5-8(9)10-7/h5-7,9H,3-4H2,1-2H3;6-7H,3-5H2,1-2H3;3,5-7H,4H2,1-2H3. The summed E-state index contributed by atoms with van der Waals surface area (Å²) in [5.41, 5.74) is 0. The van der Waals surface area contributed by atoms with Gasteiger partial charge in [0.05, 0.1) is 12.5 Å². The number of carbonyl (C=O) groups is 3. The second kappa shape index (κ2) is 13.5. The van der Waals surface area contributed by atoms with Gasteiger partial charge in [-0.15, -0.1) is 0 Å². The molecule has 4 unspecified atom stereocenters. The third kappa shape index (κ3) is 10.8. The summed E-state index contributed by atoms with van der Waals surface area (Å²) in [5.74, 6) is 0.699. The zero-order chi connectivity index (χ0) is 23.6. The van der Waals surface area contributed by atoms with Crippen LogP contribution < -0.4 is 0 Å². The molecule has 4 atom stereocenters. The molecule has 178 valence electrons. The molecule has 3 aliphatic rings. The van der Waals surface area contributed by atoms with E-state index in [9.17, 15) is 19.5 Å². The maximum absolute atomic E-state index is 10.8. The highest BCUT2D eigenvalue weighted by Crippen LogP contribution is 2.21. The van der Waals surface area contributed by atoms with Gasteiger partial charge in [-0.2, -0.15) is 0 Å². The normalized spacial score (nSPS) is 28.1. The molecule has 3 heterocycles. The summed E-state index contributed by atoms with van der Waals surface area (Å²) >= 11 is 0. The van der Waals surface area contributed by atoms with Crippen molar-refractivity contribution in [2.75, 3.05) is 0 Å². The number of hydrogen-bond donors (Lipinski definition) is 1. The van der Waals surface area contributed by atoms with Crippen LogP contribution in [0.2, 0.25) is 0 Å². The topological polar surface area (TPSA) is 99.1 Å². The van der Waals surface area contributed by atoms with Crippen molar-refractivity contribution in [2.24, 2.45) is 17.8 Å². The van der Waals surface area contributed by atoms with Crippen molar-refractivity contribution in [1.29, 1.82) is 0 Å². The average Bonchev–Trinajstić information content (AvgIpc) is 2.68. The molecule has 2 fully saturated rings. The van der Waals surface area contributed by atoms with Crippen LogP contribution in [0.4, 0.5) is 0 Å². The zero-order valence-electron chi connectivity index (χ0n) is 19.8. The van der Waals surface area contributed by atoms with Crippen LogP contribution in [0.5, 0.6) is 0 Å². The Labute approximate surface area is 186 Å². The molecule has 0 aromatic rings. The van der Waals surface area contributed by atoms with Gasteiger partial charge >= 0.3 is 17.9 Å². The van der Waals surface area contributed by atoms with Crippen molar-refractivity contribution in [3.63, 3.8) is 0 Å². The van der Waals surface area contributed by atoms with Gasteiger partial charge in [0.25, 0.3) is 0 Å². The van der Waals surface area contributed by atoms with Gasteiger partial charge in [-0.05, 0) is 30.6 Å². The lowest BCUT2D eigenvalue weighted by atomic mass is 9.97. The predicted octanol–water partition coefficient (Wildman–Crippen LogP) is 3.96. The summed E-state index contributed by atoms with van der Waals surface area (Å²) in [6.45, 7) is 12.2. The van der Waals surface area contributed by atoms with Crippen LogP contribution in [0.1, 0.15) is 80.1 Å². The number of esters is 3. The molecule has 3 aliphatic heterocycles. The first-order valence-corrected chi connectivity index (χ1v) is 11.4. The Morgan fingerprint density at radius 2 is 1.42 bits per heavy atom. The van der Waals surface area contributed by atoms with Crippen LogP contribution in [0, 0.1) is 17.8 Å². The lowest BCUT2D eigenvalue weighted by molar-refractivity contribution is -0.163. The molecule has 1 N–H and O–H groups in total. The molecule has 7 nitrogen and oxygen atoms in total. The molecular formula is C24H40O7. The SMILES string of the molecule is CC(C)C1CC(O)CC(=O)O1.CC(C)C1CC=CC(=O)O1.CC(C)C1CCCC(=O)O1. The number of ether oxygens (including phenoxy) is 3. The van der Waals surface area contributed by atoms with Gasteiger partial charge in [0.2, 0.25) is 0 Å². The van der Waals surface area contributed by atoms with Crippen LogP contribution >= 0.6 is 0 Å². The molecule has 7 heteroatoms. The summed E-state index contributed by atoms with van der Waals surface area (Å²) in [4.78, 5) is 32.2. The molecule has 0 bridgehead atoms. The highest BCUT2D eigenvalue weighted by molar-refractivity contribution is 5.82. The van der Waals surface area contributed by atoms with Crippen molar-refractivity contribution in [1.82, 2.24) is 0 Å². The smallest absolute Gasteiger partial charge is 0.330 e. The van der Waals surface area contributed by atoms with E-state index in [1.54, 1.807) is 0 Å². The van der Waals surface area contributed by atoms with E-state index >= 15 is 0 Å². The minimum atomic E-state index is -0.497. The van der Waals surface area contributed by atoms with Crippen molar-refractivity contribution in [3.8, 4) is 0 Å². The molecule has 3 rings (SSSR count). The second-order valence-corrected chi connectivity index (χ2v) is 9.39. The highest BCUT2D eigenvalue weighted by Gasteiger charge is 2.28. The van der Waals surface area contributed by atoms with Crippen LogP contribution in [0.25, 0.3) is 0 Å². The van der Waals surface area contributed by atoms with Crippen LogP contribution in [0.15, 0.2) is 12.2 Å². The largest absolute Gasteiger partial charge is 0.462 e. The second-order valence-electron chi connectivity index (χ2n) is 9.39. The molecule has 0 spiro atoms. The van der Waals surface area contributed by atoms with Crippen LogP contribution in [-0.4, -0.2) is 47.4 Å². The quantitative estimate of drug-likeness (QED) is 0.524. The fourth-order valence-corrected chi connectivity index (χ4v) is 3.36. The molecular weight excluding hydrogens is 400 g/mol. The number of aliphatic hydroxyl groups excluding tert-OH is 1. The van der Waals surface area contributed by atoms with E-state index in [1.165, 1.54) is 6.08 Å². The maximum atomic E-state index is 10.8. The number of carbonyl (C=O) groups excluding carboxylic acids is 3. The lowest BCUT2D eigenvalue weighted by Crippen LogP contribution is -2.35. The minimum Gasteiger partial charge on any atom is -0.462 e. The molecule has 0 aliphatic carbocycles. The Morgan fingerprint density at radius 3 is 1.84 bits per heavy atom. The van der Waals surface area contributed by atoms with Crippen molar-refractivity contribution >= 4 is 17.9 Å². The Bertz CT molecular complexity index is 609. The van der Waals surface area contributed by atoms with Gasteiger partial charge in [0.15, 0.2) is 0 Å². The lowest BCUT2D eigenvalue weighted by Gasteiger charge is -2.28. The number of aliphatic hydroxyl groups is 1. The third-order valence-electron chi connectivity index (χ3n) is 5.46. The van der Waals surface area contributed by atoms with E-state index in [2.05, 4.69) is 27.7 Å². The number of cyclic esters (lactones) is 3. The van der Waals surface area contributed by atoms with E-state index < -0.39 is 6.10 Å². The van der Waals surface area contributed by atoms with E-state index in [1.807, 2.05) is 19.9 Å². The van der Waals surface area contributed by atoms with Crippen molar-refractivity contribution in [3.05, 3.63) is 12.2 Å². The molecule has 0 radical (unpaired) electrons. The summed E-state index contributed by atoms with van der Waals surface area (Å²) in [6, 6.07) is 0. The first-order valence-electron chi connectivity index (χ1n) is 11.4. The summed E-state index contributed by atoms with van der Waals surface area (Å²) in [6.07, 6.45) is 7.31. The Kier molecular flexibility index (Phi) is 11.8. The van der Waals surface area contributed by atoms with Gasteiger partial charge in [0, 0.05) is 25.3 Å². The zero-order valence-corrected chi connectivity index (χ0v) is 19.8. The molecule has 31 heavy (non-hydrogen) atoms.